The van der Waals surface area contributed by atoms with Gasteiger partial charge in [-0.05, 0) is 35.7 Å². The number of carboxylic acids is 1. The second-order valence-electron chi connectivity index (χ2n) is 6.96. The van der Waals surface area contributed by atoms with E-state index in [1.807, 2.05) is 24.3 Å². The van der Waals surface area contributed by atoms with Gasteiger partial charge in [-0.3, -0.25) is 9.59 Å². The van der Waals surface area contributed by atoms with Crippen LogP contribution in [0.15, 0.2) is 48.5 Å². The third kappa shape index (κ3) is 3.18. The molecule has 4 rings (SSSR count). The number of anilines is 1. The van der Waals surface area contributed by atoms with Crippen LogP contribution in [-0.4, -0.2) is 40.4 Å². The molecule has 0 aliphatic carbocycles. The minimum atomic E-state index is -1.01. The fourth-order valence-electron chi connectivity index (χ4n) is 3.85. The Hall–Kier alpha value is -3.15. The number of carbonyl (C=O) groups excluding carboxylic acids is 2. The van der Waals surface area contributed by atoms with Crippen molar-refractivity contribution in [1.82, 2.24) is 4.90 Å². The van der Waals surface area contributed by atoms with Crippen molar-refractivity contribution in [1.29, 1.82) is 0 Å². The number of fused-ring (bicyclic) bond motifs is 1. The first kappa shape index (κ1) is 17.3. The molecule has 2 aromatic carbocycles. The summed E-state index contributed by atoms with van der Waals surface area (Å²) in [6.07, 6.45) is 1.62. The Balaban J connectivity index is 1.65. The minimum Gasteiger partial charge on any atom is -0.480 e. The van der Waals surface area contributed by atoms with E-state index in [4.69, 9.17) is 0 Å². The van der Waals surface area contributed by atoms with Crippen molar-refractivity contribution in [3.05, 3.63) is 65.2 Å². The number of nitrogens with zero attached hydrogens (tertiary/aromatic N) is 2. The molecule has 6 nitrogen and oxygen atoms in total. The highest BCUT2D eigenvalue weighted by molar-refractivity contribution is 6.00. The fraction of sp³-hybridized carbons (Fsp3) is 0.286. The van der Waals surface area contributed by atoms with Crippen LogP contribution in [0.3, 0.4) is 0 Å². The maximum Gasteiger partial charge on any atom is 0.326 e. The molecule has 1 unspecified atom stereocenters. The number of carbonyl (C=O) groups is 3. The second-order valence-corrected chi connectivity index (χ2v) is 6.96. The molecule has 2 aliphatic rings. The molecule has 2 aromatic rings. The second kappa shape index (κ2) is 6.87. The van der Waals surface area contributed by atoms with Crippen LogP contribution in [0.4, 0.5) is 5.69 Å². The molecule has 6 heteroatoms. The van der Waals surface area contributed by atoms with Crippen LogP contribution >= 0.6 is 0 Å². The van der Waals surface area contributed by atoms with Gasteiger partial charge < -0.3 is 14.9 Å². The number of amides is 2. The van der Waals surface area contributed by atoms with Gasteiger partial charge in [0.15, 0.2) is 0 Å². The maximum atomic E-state index is 13.1. The Morgan fingerprint density at radius 2 is 1.81 bits per heavy atom. The van der Waals surface area contributed by atoms with E-state index in [1.54, 1.807) is 29.2 Å². The lowest BCUT2D eigenvalue weighted by molar-refractivity contribution is -0.142. The Morgan fingerprint density at radius 1 is 1.04 bits per heavy atom. The van der Waals surface area contributed by atoms with Crippen LogP contribution in [0.25, 0.3) is 0 Å². The maximum absolute atomic E-state index is 13.1. The predicted molar refractivity (Wildman–Crippen MR) is 99.5 cm³/mol. The molecule has 1 N–H and O–H groups in total. The quantitative estimate of drug-likeness (QED) is 0.908. The zero-order chi connectivity index (χ0) is 19.0. The van der Waals surface area contributed by atoms with Crippen molar-refractivity contribution < 1.29 is 19.5 Å². The summed E-state index contributed by atoms with van der Waals surface area (Å²) in [4.78, 5) is 40.0. The van der Waals surface area contributed by atoms with Gasteiger partial charge in [0.2, 0.25) is 5.91 Å². The average Bonchev–Trinajstić information content (AvgIpc) is 3.12. The summed E-state index contributed by atoms with van der Waals surface area (Å²) in [5.74, 6) is -1.29. The molecule has 1 fully saturated rings. The van der Waals surface area contributed by atoms with Gasteiger partial charge in [-0.1, -0.05) is 30.3 Å². The number of benzene rings is 2. The number of rotatable bonds is 3. The molecule has 27 heavy (non-hydrogen) atoms. The van der Waals surface area contributed by atoms with E-state index in [2.05, 4.69) is 0 Å². The molecule has 2 amide bonds. The summed E-state index contributed by atoms with van der Waals surface area (Å²) in [5.41, 5.74) is 3.02. The van der Waals surface area contributed by atoms with Crippen LogP contribution in [0.1, 0.15) is 34.3 Å². The first-order valence-corrected chi connectivity index (χ1v) is 9.05. The van der Waals surface area contributed by atoms with Crippen molar-refractivity contribution in [3.8, 4) is 0 Å². The number of hydrogen-bond donors (Lipinski definition) is 1. The Bertz CT molecular complexity index is 924. The monoisotopic (exact) mass is 364 g/mol. The third-order valence-electron chi connectivity index (χ3n) is 5.27. The molecule has 138 valence electrons. The molecule has 0 saturated carbocycles. The first-order valence-electron chi connectivity index (χ1n) is 9.05. The fourth-order valence-corrected chi connectivity index (χ4v) is 3.85. The predicted octanol–water partition coefficient (Wildman–Crippen LogP) is 2.47. The smallest absolute Gasteiger partial charge is 0.326 e. The van der Waals surface area contributed by atoms with Crippen LogP contribution in [-0.2, 0) is 22.6 Å². The highest BCUT2D eigenvalue weighted by atomic mass is 16.4. The topological polar surface area (TPSA) is 77.9 Å². The average molecular weight is 364 g/mol. The van der Waals surface area contributed by atoms with Crippen molar-refractivity contribution in [2.24, 2.45) is 0 Å². The Labute approximate surface area is 157 Å². The van der Waals surface area contributed by atoms with E-state index >= 15 is 0 Å². The number of carboxylic acid groups (broad SMARTS) is 1. The van der Waals surface area contributed by atoms with E-state index in [0.717, 1.165) is 17.5 Å². The normalized spacial score (nSPS) is 19.1. The summed E-state index contributed by atoms with van der Waals surface area (Å²) >= 11 is 0. The van der Waals surface area contributed by atoms with Crippen LogP contribution in [0, 0.1) is 0 Å². The van der Waals surface area contributed by atoms with E-state index in [-0.39, 0.29) is 18.4 Å². The number of aliphatic carboxylic acids is 1. The van der Waals surface area contributed by atoms with Gasteiger partial charge >= 0.3 is 5.97 Å². The summed E-state index contributed by atoms with van der Waals surface area (Å²) in [7, 11) is 0. The van der Waals surface area contributed by atoms with Crippen LogP contribution in [0.2, 0.25) is 0 Å². The molecule has 0 aromatic heterocycles. The molecule has 0 bridgehead atoms. The molecular formula is C21H20N2O4. The van der Waals surface area contributed by atoms with E-state index in [0.29, 0.717) is 30.6 Å². The molecular weight excluding hydrogens is 344 g/mol. The van der Waals surface area contributed by atoms with Crippen LogP contribution in [0.5, 0.6) is 0 Å². The van der Waals surface area contributed by atoms with Crippen molar-refractivity contribution in [3.63, 3.8) is 0 Å². The van der Waals surface area contributed by atoms with E-state index in [9.17, 15) is 19.5 Å². The Morgan fingerprint density at radius 3 is 2.52 bits per heavy atom. The lowest BCUT2D eigenvalue weighted by atomic mass is 9.93. The standard InChI is InChI=1S/C21H20N2O4/c24-19-9-4-10-22(19)17-8-3-7-15(11-17)20(25)23-13-16-6-2-1-5-14(16)12-18(23)21(26)27/h1-3,5-8,11,18H,4,9-10,12-13H2,(H,26,27). The van der Waals surface area contributed by atoms with Crippen molar-refractivity contribution in [2.75, 3.05) is 11.4 Å². The third-order valence-corrected chi connectivity index (χ3v) is 5.27. The number of hydrogen-bond acceptors (Lipinski definition) is 3. The summed E-state index contributed by atoms with van der Waals surface area (Å²) < 4.78 is 0. The van der Waals surface area contributed by atoms with E-state index in [1.165, 1.54) is 4.90 Å². The molecule has 1 atom stereocenters. The van der Waals surface area contributed by atoms with Gasteiger partial charge in [-0.15, -0.1) is 0 Å². The molecule has 2 heterocycles. The van der Waals surface area contributed by atoms with Gasteiger partial charge in [-0.2, -0.15) is 0 Å². The largest absolute Gasteiger partial charge is 0.480 e. The van der Waals surface area contributed by atoms with Crippen molar-refractivity contribution in [2.45, 2.75) is 31.8 Å². The van der Waals surface area contributed by atoms with Gasteiger partial charge in [0.25, 0.3) is 5.91 Å². The SMILES string of the molecule is O=C(O)C1Cc2ccccc2CN1C(=O)c1cccc(N2CCCC2=O)c1. The summed E-state index contributed by atoms with van der Waals surface area (Å²) in [6, 6.07) is 13.6. The van der Waals surface area contributed by atoms with Crippen molar-refractivity contribution >= 4 is 23.5 Å². The zero-order valence-electron chi connectivity index (χ0n) is 14.8. The Kier molecular flexibility index (Phi) is 4.39. The molecule has 1 saturated heterocycles. The molecule has 0 spiro atoms. The van der Waals surface area contributed by atoms with E-state index < -0.39 is 12.0 Å². The summed E-state index contributed by atoms with van der Waals surface area (Å²) in [6.45, 7) is 0.907. The van der Waals surface area contributed by atoms with Gasteiger partial charge in [0, 0.05) is 37.2 Å². The van der Waals surface area contributed by atoms with Gasteiger partial charge in [0.05, 0.1) is 0 Å². The minimum absolute atomic E-state index is 0.0508. The zero-order valence-corrected chi connectivity index (χ0v) is 14.8. The first-order chi connectivity index (χ1) is 13.0. The van der Waals surface area contributed by atoms with Crippen LogP contribution < -0.4 is 4.90 Å². The van der Waals surface area contributed by atoms with Gasteiger partial charge in [-0.25, -0.2) is 4.79 Å². The highest BCUT2D eigenvalue weighted by Gasteiger charge is 2.35. The lowest BCUT2D eigenvalue weighted by Gasteiger charge is -2.34. The molecule has 2 aliphatic heterocycles. The lowest BCUT2D eigenvalue weighted by Crippen LogP contribution is -2.48. The van der Waals surface area contributed by atoms with Gasteiger partial charge in [0.1, 0.15) is 6.04 Å². The molecule has 0 radical (unpaired) electrons. The highest BCUT2D eigenvalue weighted by Crippen LogP contribution is 2.27. The summed E-state index contributed by atoms with van der Waals surface area (Å²) in [5, 5.41) is 9.65.